The summed E-state index contributed by atoms with van der Waals surface area (Å²) in [5.41, 5.74) is 2.43. The lowest BCUT2D eigenvalue weighted by molar-refractivity contribution is 0.0789. The third-order valence-corrected chi connectivity index (χ3v) is 4.54. The third kappa shape index (κ3) is 3.03. The van der Waals surface area contributed by atoms with E-state index in [2.05, 4.69) is 15.1 Å². The molecule has 126 valence electrons. The topological polar surface area (TPSA) is 72.1 Å². The first kappa shape index (κ1) is 15.5. The van der Waals surface area contributed by atoms with E-state index in [1.54, 1.807) is 6.20 Å². The molecule has 25 heavy (non-hydrogen) atoms. The summed E-state index contributed by atoms with van der Waals surface area (Å²) in [6.45, 7) is 3.24. The second kappa shape index (κ2) is 6.47. The minimum Gasteiger partial charge on any atom is -0.339 e. The Kier molecular flexibility index (Phi) is 4.01. The van der Waals surface area contributed by atoms with Crippen LogP contribution in [-0.4, -0.2) is 39.0 Å². The molecule has 1 aliphatic rings. The second-order valence-electron chi connectivity index (χ2n) is 6.22. The standard InChI is InChI=1S/C19H18N4O2/c1-13-6-2-3-7-15(13)19(24)23-11-9-14(12-23)18-21-17(22-25-18)16-8-4-5-10-20-16/h2-8,10,14H,9,11-12H2,1H3. The van der Waals surface area contributed by atoms with Gasteiger partial charge >= 0.3 is 0 Å². The molecule has 1 aromatic carbocycles. The molecule has 1 aliphatic heterocycles. The number of rotatable bonds is 3. The molecule has 6 heteroatoms. The summed E-state index contributed by atoms with van der Waals surface area (Å²) in [6.07, 6.45) is 2.52. The predicted molar refractivity (Wildman–Crippen MR) is 92.0 cm³/mol. The Balaban J connectivity index is 1.49. The van der Waals surface area contributed by atoms with Crippen molar-refractivity contribution in [3.8, 4) is 11.5 Å². The van der Waals surface area contributed by atoms with E-state index in [1.807, 2.05) is 54.3 Å². The molecule has 2 aromatic heterocycles. The summed E-state index contributed by atoms with van der Waals surface area (Å²) >= 11 is 0. The van der Waals surface area contributed by atoms with Crippen LogP contribution in [0.3, 0.4) is 0 Å². The van der Waals surface area contributed by atoms with Crippen molar-refractivity contribution >= 4 is 5.91 Å². The van der Waals surface area contributed by atoms with Crippen molar-refractivity contribution in [2.75, 3.05) is 13.1 Å². The largest absolute Gasteiger partial charge is 0.339 e. The van der Waals surface area contributed by atoms with E-state index in [1.165, 1.54) is 0 Å². The van der Waals surface area contributed by atoms with Crippen LogP contribution in [0.15, 0.2) is 53.2 Å². The lowest BCUT2D eigenvalue weighted by Crippen LogP contribution is -2.29. The highest BCUT2D eigenvalue weighted by Crippen LogP contribution is 2.28. The van der Waals surface area contributed by atoms with Gasteiger partial charge < -0.3 is 9.42 Å². The van der Waals surface area contributed by atoms with E-state index in [0.29, 0.717) is 30.5 Å². The van der Waals surface area contributed by atoms with Crippen molar-refractivity contribution in [2.45, 2.75) is 19.3 Å². The molecule has 1 atom stereocenters. The Morgan fingerprint density at radius 2 is 2.04 bits per heavy atom. The fraction of sp³-hybridized carbons (Fsp3) is 0.263. The fourth-order valence-electron chi connectivity index (χ4n) is 3.13. The van der Waals surface area contributed by atoms with Gasteiger partial charge in [-0.2, -0.15) is 4.98 Å². The molecular formula is C19H18N4O2. The molecule has 6 nitrogen and oxygen atoms in total. The summed E-state index contributed by atoms with van der Waals surface area (Å²) in [5.74, 6) is 1.18. The van der Waals surface area contributed by atoms with E-state index in [0.717, 1.165) is 17.5 Å². The molecule has 0 radical (unpaired) electrons. The van der Waals surface area contributed by atoms with Gasteiger partial charge in [-0.15, -0.1) is 0 Å². The first-order valence-electron chi connectivity index (χ1n) is 8.32. The number of hydrogen-bond acceptors (Lipinski definition) is 5. The van der Waals surface area contributed by atoms with Gasteiger partial charge in [-0.3, -0.25) is 9.78 Å². The first-order valence-corrected chi connectivity index (χ1v) is 8.32. The fourth-order valence-corrected chi connectivity index (χ4v) is 3.13. The summed E-state index contributed by atoms with van der Waals surface area (Å²) in [4.78, 5) is 23.3. The Morgan fingerprint density at radius 1 is 1.20 bits per heavy atom. The van der Waals surface area contributed by atoms with Crippen LogP contribution in [0, 0.1) is 6.92 Å². The van der Waals surface area contributed by atoms with Crippen LogP contribution in [0.25, 0.3) is 11.5 Å². The van der Waals surface area contributed by atoms with Crippen molar-refractivity contribution < 1.29 is 9.32 Å². The number of hydrogen-bond donors (Lipinski definition) is 0. The summed E-state index contributed by atoms with van der Waals surface area (Å²) < 4.78 is 5.42. The van der Waals surface area contributed by atoms with Gasteiger partial charge in [-0.05, 0) is 37.1 Å². The Hall–Kier alpha value is -3.02. The zero-order valence-corrected chi connectivity index (χ0v) is 13.9. The minimum absolute atomic E-state index is 0.0602. The van der Waals surface area contributed by atoms with E-state index in [9.17, 15) is 4.79 Å². The lowest BCUT2D eigenvalue weighted by atomic mass is 10.1. The zero-order valence-electron chi connectivity index (χ0n) is 13.9. The monoisotopic (exact) mass is 334 g/mol. The van der Waals surface area contributed by atoms with Crippen LogP contribution in [0.4, 0.5) is 0 Å². The molecule has 3 heterocycles. The lowest BCUT2D eigenvalue weighted by Gasteiger charge is -2.17. The number of pyridine rings is 1. The molecule has 1 fully saturated rings. The van der Waals surface area contributed by atoms with Crippen molar-refractivity contribution in [3.05, 3.63) is 65.7 Å². The summed E-state index contributed by atoms with van der Waals surface area (Å²) in [5, 5.41) is 4.02. The van der Waals surface area contributed by atoms with Crippen LogP contribution in [-0.2, 0) is 0 Å². The van der Waals surface area contributed by atoms with Gasteiger partial charge in [0.1, 0.15) is 5.69 Å². The Bertz CT molecular complexity index is 891. The molecule has 0 N–H and O–H groups in total. The van der Waals surface area contributed by atoms with Gasteiger partial charge in [0, 0.05) is 24.8 Å². The first-order chi connectivity index (χ1) is 12.2. The van der Waals surface area contributed by atoms with Crippen LogP contribution in [0.1, 0.15) is 34.2 Å². The second-order valence-corrected chi connectivity index (χ2v) is 6.22. The number of aromatic nitrogens is 3. The van der Waals surface area contributed by atoms with Crippen LogP contribution in [0.2, 0.25) is 0 Å². The average molecular weight is 334 g/mol. The highest BCUT2D eigenvalue weighted by atomic mass is 16.5. The number of nitrogens with zero attached hydrogens (tertiary/aromatic N) is 4. The van der Waals surface area contributed by atoms with Gasteiger partial charge in [-0.1, -0.05) is 29.4 Å². The average Bonchev–Trinajstić information content (AvgIpc) is 3.32. The molecule has 4 rings (SSSR count). The quantitative estimate of drug-likeness (QED) is 0.736. The van der Waals surface area contributed by atoms with E-state index in [4.69, 9.17) is 4.52 Å². The molecule has 1 unspecified atom stereocenters. The van der Waals surface area contributed by atoms with Crippen molar-refractivity contribution in [3.63, 3.8) is 0 Å². The maximum absolute atomic E-state index is 12.7. The van der Waals surface area contributed by atoms with E-state index < -0.39 is 0 Å². The number of aryl methyl sites for hydroxylation is 1. The summed E-state index contributed by atoms with van der Waals surface area (Å²) in [6, 6.07) is 13.2. The molecule has 1 amide bonds. The zero-order chi connectivity index (χ0) is 17.2. The Labute approximate surface area is 145 Å². The molecule has 0 saturated carbocycles. The maximum atomic E-state index is 12.7. The number of amides is 1. The molecule has 1 saturated heterocycles. The number of benzene rings is 1. The van der Waals surface area contributed by atoms with Crippen molar-refractivity contribution in [1.82, 2.24) is 20.0 Å². The van der Waals surface area contributed by atoms with E-state index in [-0.39, 0.29) is 11.8 Å². The normalized spacial score (nSPS) is 17.0. The van der Waals surface area contributed by atoms with Gasteiger partial charge in [0.05, 0.1) is 5.92 Å². The van der Waals surface area contributed by atoms with Gasteiger partial charge in [0.15, 0.2) is 0 Å². The van der Waals surface area contributed by atoms with Crippen molar-refractivity contribution in [2.24, 2.45) is 0 Å². The third-order valence-electron chi connectivity index (χ3n) is 4.54. The molecule has 3 aromatic rings. The van der Waals surface area contributed by atoms with Crippen molar-refractivity contribution in [1.29, 1.82) is 0 Å². The molecule has 0 aliphatic carbocycles. The molecule has 0 spiro atoms. The highest BCUT2D eigenvalue weighted by molar-refractivity contribution is 5.95. The van der Waals surface area contributed by atoms with Crippen LogP contribution < -0.4 is 0 Å². The maximum Gasteiger partial charge on any atom is 0.254 e. The summed E-state index contributed by atoms with van der Waals surface area (Å²) in [7, 11) is 0. The SMILES string of the molecule is Cc1ccccc1C(=O)N1CCC(c2nc(-c3ccccn3)no2)C1. The number of carbonyl (C=O) groups excluding carboxylic acids is 1. The molecular weight excluding hydrogens is 316 g/mol. The van der Waals surface area contributed by atoms with E-state index >= 15 is 0 Å². The van der Waals surface area contributed by atoms with Gasteiger partial charge in [0.2, 0.25) is 11.7 Å². The van der Waals surface area contributed by atoms with Crippen LogP contribution in [0.5, 0.6) is 0 Å². The minimum atomic E-state index is 0.0602. The number of likely N-dealkylation sites (tertiary alicyclic amines) is 1. The molecule has 0 bridgehead atoms. The predicted octanol–water partition coefficient (Wildman–Crippen LogP) is 3.07. The smallest absolute Gasteiger partial charge is 0.254 e. The van der Waals surface area contributed by atoms with Crippen LogP contribution >= 0.6 is 0 Å². The highest BCUT2D eigenvalue weighted by Gasteiger charge is 2.32. The number of carbonyl (C=O) groups is 1. The Morgan fingerprint density at radius 3 is 2.84 bits per heavy atom. The van der Waals surface area contributed by atoms with Gasteiger partial charge in [0.25, 0.3) is 5.91 Å². The van der Waals surface area contributed by atoms with Gasteiger partial charge in [-0.25, -0.2) is 0 Å².